The summed E-state index contributed by atoms with van der Waals surface area (Å²) in [5, 5.41) is 0. The Bertz CT molecular complexity index is 154. The highest BCUT2D eigenvalue weighted by Crippen LogP contribution is 2.43. The molecule has 2 heteroatoms. The molecule has 0 heterocycles. The third-order valence-corrected chi connectivity index (χ3v) is 9.91. The van der Waals surface area contributed by atoms with Crippen molar-refractivity contribution in [1.29, 1.82) is 0 Å². The van der Waals surface area contributed by atoms with E-state index >= 15 is 0 Å². The highest BCUT2D eigenvalue weighted by atomic mass is 28.4. The van der Waals surface area contributed by atoms with Gasteiger partial charge in [0, 0.05) is 6.10 Å². The lowest BCUT2D eigenvalue weighted by atomic mass is 10.3. The van der Waals surface area contributed by atoms with Crippen LogP contribution in [0, 0.1) is 0 Å². The molecule has 0 aromatic carbocycles. The maximum absolute atomic E-state index is 6.51. The minimum Gasteiger partial charge on any atom is -0.413 e. The van der Waals surface area contributed by atoms with E-state index in [1.807, 2.05) is 0 Å². The van der Waals surface area contributed by atoms with Gasteiger partial charge in [-0.15, -0.1) is 0 Å². The van der Waals surface area contributed by atoms with Gasteiger partial charge in [-0.25, -0.2) is 0 Å². The molecule has 15 heavy (non-hydrogen) atoms. The van der Waals surface area contributed by atoms with Gasteiger partial charge in [0.2, 0.25) is 8.32 Å². The van der Waals surface area contributed by atoms with Crippen molar-refractivity contribution in [3.05, 3.63) is 0 Å². The Labute approximate surface area is 97.7 Å². The maximum Gasteiger partial charge on any atom is 0.200 e. The Morgan fingerprint density at radius 1 is 0.800 bits per heavy atom. The van der Waals surface area contributed by atoms with E-state index in [9.17, 15) is 0 Å². The van der Waals surface area contributed by atoms with E-state index in [0.717, 1.165) is 6.42 Å². The zero-order chi connectivity index (χ0) is 12.2. The SMILES string of the molecule is CCC(C)O[Si](C(C)C)(C(C)C)C(C)C. The predicted octanol–water partition coefficient (Wildman–Crippen LogP) is 4.98. The van der Waals surface area contributed by atoms with E-state index in [1.54, 1.807) is 0 Å². The second-order valence-corrected chi connectivity index (χ2v) is 11.1. The van der Waals surface area contributed by atoms with Crippen molar-refractivity contribution < 1.29 is 4.43 Å². The molecular formula is C13H30OSi. The van der Waals surface area contributed by atoms with Crippen LogP contribution in [-0.4, -0.2) is 14.4 Å². The van der Waals surface area contributed by atoms with Crippen LogP contribution in [0.25, 0.3) is 0 Å². The first kappa shape index (κ1) is 15.2. The highest BCUT2D eigenvalue weighted by Gasteiger charge is 2.45. The molecule has 0 saturated carbocycles. The first-order valence-corrected chi connectivity index (χ1v) is 8.60. The van der Waals surface area contributed by atoms with Crippen LogP contribution >= 0.6 is 0 Å². The van der Waals surface area contributed by atoms with Gasteiger partial charge in [0.05, 0.1) is 0 Å². The lowest BCUT2D eigenvalue weighted by molar-refractivity contribution is 0.187. The molecule has 0 N–H and O–H groups in total. The predicted molar refractivity (Wildman–Crippen MR) is 71.9 cm³/mol. The summed E-state index contributed by atoms with van der Waals surface area (Å²) in [5.74, 6) is 0. The van der Waals surface area contributed by atoms with Gasteiger partial charge in [0.1, 0.15) is 0 Å². The standard InChI is InChI=1S/C13H30OSi/c1-9-13(8)14-15(10(2)3,11(4)5)12(6)7/h10-13H,9H2,1-8H3. The van der Waals surface area contributed by atoms with Crippen LogP contribution in [-0.2, 0) is 4.43 Å². The summed E-state index contributed by atoms with van der Waals surface area (Å²) in [6.07, 6.45) is 1.55. The van der Waals surface area contributed by atoms with Gasteiger partial charge in [-0.3, -0.25) is 0 Å². The van der Waals surface area contributed by atoms with E-state index in [0.29, 0.717) is 22.7 Å². The molecule has 0 aliphatic heterocycles. The van der Waals surface area contributed by atoms with Crippen LogP contribution in [0.1, 0.15) is 61.8 Å². The maximum atomic E-state index is 6.51. The second kappa shape index (κ2) is 6.05. The average molecular weight is 230 g/mol. The van der Waals surface area contributed by atoms with Gasteiger partial charge in [0.15, 0.2) is 0 Å². The van der Waals surface area contributed by atoms with E-state index in [1.165, 1.54) is 0 Å². The number of hydrogen-bond acceptors (Lipinski definition) is 1. The van der Waals surface area contributed by atoms with Crippen molar-refractivity contribution in [2.24, 2.45) is 0 Å². The summed E-state index contributed by atoms with van der Waals surface area (Å²) in [7, 11) is -1.61. The summed E-state index contributed by atoms with van der Waals surface area (Å²) >= 11 is 0. The molecule has 0 aliphatic carbocycles. The molecule has 92 valence electrons. The Kier molecular flexibility index (Phi) is 6.12. The number of hydrogen-bond donors (Lipinski definition) is 0. The van der Waals surface area contributed by atoms with E-state index in [2.05, 4.69) is 55.4 Å². The normalized spacial score (nSPS) is 15.4. The van der Waals surface area contributed by atoms with Crippen LogP contribution in [0.3, 0.4) is 0 Å². The molecule has 0 spiro atoms. The minimum atomic E-state index is -1.61. The van der Waals surface area contributed by atoms with Crippen molar-refractivity contribution in [2.75, 3.05) is 0 Å². The molecule has 1 atom stereocenters. The largest absolute Gasteiger partial charge is 0.413 e. The van der Waals surface area contributed by atoms with Crippen LogP contribution in [0.2, 0.25) is 16.6 Å². The van der Waals surface area contributed by atoms with Crippen molar-refractivity contribution in [1.82, 2.24) is 0 Å². The molecule has 0 bridgehead atoms. The number of rotatable bonds is 6. The lowest BCUT2D eigenvalue weighted by Gasteiger charge is -2.44. The quantitative estimate of drug-likeness (QED) is 0.585. The molecular weight excluding hydrogens is 200 g/mol. The zero-order valence-corrected chi connectivity index (χ0v) is 12.9. The van der Waals surface area contributed by atoms with E-state index in [-0.39, 0.29) is 0 Å². The first-order chi connectivity index (χ1) is 6.78. The average Bonchev–Trinajstić information content (AvgIpc) is 2.11. The van der Waals surface area contributed by atoms with Crippen molar-refractivity contribution >= 4 is 8.32 Å². The van der Waals surface area contributed by atoms with Crippen LogP contribution in [0.15, 0.2) is 0 Å². The molecule has 0 aromatic rings. The Morgan fingerprint density at radius 2 is 1.13 bits per heavy atom. The van der Waals surface area contributed by atoms with Gasteiger partial charge >= 0.3 is 0 Å². The fourth-order valence-corrected chi connectivity index (χ4v) is 8.52. The molecule has 0 rings (SSSR count). The Morgan fingerprint density at radius 3 is 1.33 bits per heavy atom. The van der Waals surface area contributed by atoms with Crippen LogP contribution in [0.4, 0.5) is 0 Å². The molecule has 0 amide bonds. The minimum absolute atomic E-state index is 0.420. The molecule has 0 saturated heterocycles. The van der Waals surface area contributed by atoms with Gasteiger partial charge in [0.25, 0.3) is 0 Å². The highest BCUT2D eigenvalue weighted by molar-refractivity contribution is 6.77. The summed E-state index contributed by atoms with van der Waals surface area (Å²) in [6, 6.07) is 0. The van der Waals surface area contributed by atoms with Gasteiger partial charge < -0.3 is 4.43 Å². The first-order valence-electron chi connectivity index (χ1n) is 6.46. The van der Waals surface area contributed by atoms with Crippen molar-refractivity contribution in [3.8, 4) is 0 Å². The van der Waals surface area contributed by atoms with E-state index < -0.39 is 8.32 Å². The fourth-order valence-electron chi connectivity index (χ4n) is 2.84. The zero-order valence-electron chi connectivity index (χ0n) is 11.9. The smallest absolute Gasteiger partial charge is 0.200 e. The molecule has 0 fully saturated rings. The topological polar surface area (TPSA) is 9.23 Å². The molecule has 1 unspecified atom stereocenters. The monoisotopic (exact) mass is 230 g/mol. The van der Waals surface area contributed by atoms with Gasteiger partial charge in [-0.05, 0) is 30.0 Å². The second-order valence-electron chi connectivity index (χ2n) is 5.65. The third-order valence-electron chi connectivity index (χ3n) is 3.69. The Hall–Kier alpha value is 0.177. The summed E-state index contributed by atoms with van der Waals surface area (Å²) < 4.78 is 6.51. The van der Waals surface area contributed by atoms with Gasteiger partial charge in [-0.2, -0.15) is 0 Å². The molecule has 0 aromatic heterocycles. The third kappa shape index (κ3) is 3.32. The molecule has 1 nitrogen and oxygen atoms in total. The van der Waals surface area contributed by atoms with E-state index in [4.69, 9.17) is 4.43 Å². The molecule has 0 aliphatic rings. The summed E-state index contributed by atoms with van der Waals surface area (Å²) in [5.41, 5.74) is 2.10. The van der Waals surface area contributed by atoms with Crippen molar-refractivity contribution in [2.45, 2.75) is 84.5 Å². The summed E-state index contributed by atoms with van der Waals surface area (Å²) in [6.45, 7) is 18.5. The fraction of sp³-hybridized carbons (Fsp3) is 1.00. The summed E-state index contributed by atoms with van der Waals surface area (Å²) in [4.78, 5) is 0. The van der Waals surface area contributed by atoms with Gasteiger partial charge in [-0.1, -0.05) is 48.5 Å². The Balaban J connectivity index is 4.96. The van der Waals surface area contributed by atoms with Crippen LogP contribution < -0.4 is 0 Å². The van der Waals surface area contributed by atoms with Crippen molar-refractivity contribution in [3.63, 3.8) is 0 Å². The van der Waals surface area contributed by atoms with Crippen LogP contribution in [0.5, 0.6) is 0 Å². The lowest BCUT2D eigenvalue weighted by Crippen LogP contribution is -2.49. The molecule has 0 radical (unpaired) electrons.